The molecular formula is C22H23N5O6S. The van der Waals surface area contributed by atoms with E-state index < -0.39 is 33.6 Å². The monoisotopic (exact) mass is 485 g/mol. The smallest absolute Gasteiger partial charge is 0.253 e. The number of nitriles is 1. The highest BCUT2D eigenvalue weighted by atomic mass is 32.2. The first-order chi connectivity index (χ1) is 16.3. The number of Topliss-reactive ketones (excluding diaryl/α,β-unsaturated/α-hetero) is 1. The predicted molar refractivity (Wildman–Crippen MR) is 119 cm³/mol. The van der Waals surface area contributed by atoms with E-state index in [2.05, 4.69) is 20.2 Å². The number of fused-ring (bicyclic) bond motifs is 1. The summed E-state index contributed by atoms with van der Waals surface area (Å²) in [5.74, 6) is -1.68. The van der Waals surface area contributed by atoms with Crippen LogP contribution in [0.1, 0.15) is 42.3 Å². The van der Waals surface area contributed by atoms with Gasteiger partial charge >= 0.3 is 0 Å². The quantitative estimate of drug-likeness (QED) is 0.484. The molecule has 1 amide bonds. The van der Waals surface area contributed by atoms with E-state index in [9.17, 15) is 18.0 Å². The minimum Gasteiger partial charge on any atom is -0.395 e. The molecule has 178 valence electrons. The Morgan fingerprint density at radius 2 is 2.18 bits per heavy atom. The molecule has 0 aliphatic heterocycles. The van der Waals surface area contributed by atoms with E-state index in [-0.39, 0.29) is 37.7 Å². The maximum Gasteiger partial charge on any atom is 0.253 e. The fourth-order valence-electron chi connectivity index (χ4n) is 4.20. The summed E-state index contributed by atoms with van der Waals surface area (Å²) >= 11 is 0. The second-order valence-corrected chi connectivity index (χ2v) is 9.88. The highest BCUT2D eigenvalue weighted by Gasteiger charge is 2.31. The first kappa shape index (κ1) is 23.7. The molecule has 12 heteroatoms. The van der Waals surface area contributed by atoms with E-state index in [0.717, 1.165) is 11.1 Å². The summed E-state index contributed by atoms with van der Waals surface area (Å²) in [6, 6.07) is 6.91. The lowest BCUT2D eigenvalue weighted by Gasteiger charge is -2.15. The predicted octanol–water partition coefficient (Wildman–Crippen LogP) is 0.638. The zero-order chi connectivity index (χ0) is 24.3. The van der Waals surface area contributed by atoms with Gasteiger partial charge in [-0.05, 0) is 24.0 Å². The lowest BCUT2D eigenvalue weighted by molar-refractivity contribution is -0.120. The van der Waals surface area contributed by atoms with Crippen LogP contribution in [-0.2, 0) is 26.0 Å². The minimum absolute atomic E-state index is 0.0129. The normalized spacial score (nSPS) is 19.9. The number of sulfonamides is 1. The molecule has 2 aliphatic rings. The first-order valence-electron chi connectivity index (χ1n) is 10.8. The summed E-state index contributed by atoms with van der Waals surface area (Å²) in [7, 11) is -3.89. The van der Waals surface area contributed by atoms with E-state index >= 15 is 0 Å². The van der Waals surface area contributed by atoms with Gasteiger partial charge in [-0.1, -0.05) is 29.4 Å². The number of benzene rings is 1. The van der Waals surface area contributed by atoms with Crippen LogP contribution in [0, 0.1) is 17.2 Å². The van der Waals surface area contributed by atoms with Gasteiger partial charge in [0.1, 0.15) is 11.7 Å². The number of amides is 1. The van der Waals surface area contributed by atoms with Crippen LogP contribution < -0.4 is 10.0 Å². The zero-order valence-corrected chi connectivity index (χ0v) is 19.0. The van der Waals surface area contributed by atoms with Crippen molar-refractivity contribution in [1.82, 2.24) is 20.2 Å². The summed E-state index contributed by atoms with van der Waals surface area (Å²) in [6.45, 7) is -0.287. The third-order valence-corrected chi connectivity index (χ3v) is 7.09. The number of ketones is 1. The number of aromatic nitrogens is 2. The fourth-order valence-corrected chi connectivity index (χ4v) is 5.41. The molecule has 2 aromatic rings. The molecule has 1 heterocycles. The van der Waals surface area contributed by atoms with Crippen molar-refractivity contribution in [2.75, 3.05) is 18.9 Å². The van der Waals surface area contributed by atoms with Gasteiger partial charge in [-0.15, -0.1) is 0 Å². The first-order valence-corrected chi connectivity index (χ1v) is 12.4. The topological polar surface area (TPSA) is 175 Å². The van der Waals surface area contributed by atoms with Crippen molar-refractivity contribution >= 4 is 27.3 Å². The third-order valence-electron chi connectivity index (χ3n) is 5.81. The number of allylic oxidation sites excluding steroid dienone is 2. The average Bonchev–Trinajstić information content (AvgIpc) is 3.45. The molecule has 2 atom stereocenters. The van der Waals surface area contributed by atoms with Crippen molar-refractivity contribution in [3.8, 4) is 17.5 Å². The van der Waals surface area contributed by atoms with Gasteiger partial charge in [0.2, 0.25) is 21.8 Å². The summed E-state index contributed by atoms with van der Waals surface area (Å²) in [5, 5.41) is 24.3. The van der Waals surface area contributed by atoms with Crippen LogP contribution in [0.25, 0.3) is 17.0 Å². The lowest BCUT2D eigenvalue weighted by Crippen LogP contribution is -2.38. The Balaban J connectivity index is 1.52. The maximum atomic E-state index is 12.5. The Morgan fingerprint density at radius 3 is 2.94 bits per heavy atom. The molecule has 1 aromatic carbocycles. The van der Waals surface area contributed by atoms with Crippen molar-refractivity contribution in [1.29, 1.82) is 5.26 Å². The van der Waals surface area contributed by atoms with Gasteiger partial charge in [0.15, 0.2) is 5.78 Å². The van der Waals surface area contributed by atoms with E-state index in [0.29, 0.717) is 29.8 Å². The van der Waals surface area contributed by atoms with Crippen LogP contribution in [0.15, 0.2) is 28.8 Å². The molecule has 1 aromatic heterocycles. The summed E-state index contributed by atoms with van der Waals surface area (Å²) < 4.78 is 32.9. The molecular weight excluding hydrogens is 462 g/mol. The van der Waals surface area contributed by atoms with Crippen molar-refractivity contribution < 1.29 is 27.6 Å². The standard InChI is InChI=1S/C22H23N5O6S/c23-11-14-10-13(4-7-19(14)29)22-25-21(26-33-22)17-3-1-2-16-15(17)5-6-18(16)27-34(31,32)12-20(30)24-8-9-28/h1-4,14,18,27-28H,5-10,12H2,(H,24,30). The van der Waals surface area contributed by atoms with Crippen molar-refractivity contribution in [3.63, 3.8) is 0 Å². The van der Waals surface area contributed by atoms with Crippen molar-refractivity contribution in [2.24, 2.45) is 5.92 Å². The van der Waals surface area contributed by atoms with E-state index in [4.69, 9.17) is 14.9 Å². The Kier molecular flexibility index (Phi) is 6.87. The Bertz CT molecular complexity index is 1290. The number of carbonyl (C=O) groups is 2. The van der Waals surface area contributed by atoms with Gasteiger partial charge in [-0.2, -0.15) is 10.2 Å². The zero-order valence-electron chi connectivity index (χ0n) is 18.2. The van der Waals surface area contributed by atoms with Crippen LogP contribution in [0.2, 0.25) is 0 Å². The number of rotatable bonds is 8. The highest BCUT2D eigenvalue weighted by Crippen LogP contribution is 2.38. The Morgan fingerprint density at radius 1 is 1.35 bits per heavy atom. The van der Waals surface area contributed by atoms with Gasteiger partial charge in [0.05, 0.1) is 12.7 Å². The molecule has 0 saturated carbocycles. The third kappa shape index (κ3) is 5.06. The molecule has 2 aliphatic carbocycles. The number of carbonyl (C=O) groups excluding carboxylic acids is 2. The molecule has 0 saturated heterocycles. The molecule has 0 fully saturated rings. The number of aliphatic hydroxyl groups excluding tert-OH is 1. The summed E-state index contributed by atoms with van der Waals surface area (Å²) in [4.78, 5) is 28.0. The average molecular weight is 486 g/mol. The van der Waals surface area contributed by atoms with Crippen LogP contribution in [0.4, 0.5) is 0 Å². The van der Waals surface area contributed by atoms with Crippen molar-refractivity contribution in [2.45, 2.75) is 31.7 Å². The SMILES string of the molecule is N#CC1CC(c2nc(-c3cccc4c3CCC4NS(=O)(=O)CC(=O)NCCO)no2)=CCC1=O. The van der Waals surface area contributed by atoms with Crippen LogP contribution >= 0.6 is 0 Å². The maximum absolute atomic E-state index is 12.5. The largest absolute Gasteiger partial charge is 0.395 e. The minimum atomic E-state index is -3.89. The van der Waals surface area contributed by atoms with Crippen LogP contribution in [-0.4, -0.2) is 54.3 Å². The molecule has 0 spiro atoms. The number of nitrogens with zero attached hydrogens (tertiary/aromatic N) is 3. The Labute approximate surface area is 195 Å². The van der Waals surface area contributed by atoms with Crippen molar-refractivity contribution in [3.05, 3.63) is 41.3 Å². The highest BCUT2D eigenvalue weighted by molar-refractivity contribution is 7.90. The van der Waals surface area contributed by atoms with Crippen LogP contribution in [0.5, 0.6) is 0 Å². The second kappa shape index (κ2) is 9.84. The van der Waals surface area contributed by atoms with Gasteiger partial charge in [-0.3, -0.25) is 9.59 Å². The van der Waals surface area contributed by atoms with Gasteiger partial charge < -0.3 is 14.9 Å². The lowest BCUT2D eigenvalue weighted by atomic mass is 9.89. The summed E-state index contributed by atoms with van der Waals surface area (Å²) in [6.07, 6.45) is 3.15. The molecule has 11 nitrogen and oxygen atoms in total. The molecule has 2 unspecified atom stereocenters. The molecule has 3 N–H and O–H groups in total. The molecule has 4 rings (SSSR count). The number of hydrogen-bond acceptors (Lipinski definition) is 9. The number of nitrogens with one attached hydrogen (secondary N) is 2. The van der Waals surface area contributed by atoms with E-state index in [1.807, 2.05) is 18.2 Å². The van der Waals surface area contributed by atoms with Gasteiger partial charge in [-0.25, -0.2) is 13.1 Å². The number of aliphatic hydroxyl groups is 1. The van der Waals surface area contributed by atoms with E-state index in [1.54, 1.807) is 12.1 Å². The fraction of sp³-hybridized carbons (Fsp3) is 0.409. The molecule has 0 radical (unpaired) electrons. The second-order valence-electron chi connectivity index (χ2n) is 8.12. The van der Waals surface area contributed by atoms with Crippen LogP contribution in [0.3, 0.4) is 0 Å². The van der Waals surface area contributed by atoms with E-state index in [1.165, 1.54) is 0 Å². The summed E-state index contributed by atoms with van der Waals surface area (Å²) in [5.41, 5.74) is 3.02. The van der Waals surface area contributed by atoms with Gasteiger partial charge in [0.25, 0.3) is 5.89 Å². The molecule has 34 heavy (non-hydrogen) atoms. The Hall–Kier alpha value is -3.40. The number of hydrogen-bond donors (Lipinski definition) is 3. The molecule has 0 bridgehead atoms. The van der Waals surface area contributed by atoms with Gasteiger partial charge in [0, 0.05) is 36.6 Å².